The lowest BCUT2D eigenvalue weighted by atomic mass is 10.0. The van der Waals surface area contributed by atoms with Gasteiger partial charge in [0.25, 0.3) is 0 Å². The van der Waals surface area contributed by atoms with E-state index in [4.69, 9.17) is 14.2 Å². The van der Waals surface area contributed by atoms with Crippen LogP contribution < -0.4 is 14.2 Å². The lowest BCUT2D eigenvalue weighted by Gasteiger charge is -2.14. The molecule has 0 aliphatic carbocycles. The molecule has 1 aromatic carbocycles. The zero-order chi connectivity index (χ0) is 14.4. The van der Waals surface area contributed by atoms with Crippen LogP contribution in [0.4, 0.5) is 0 Å². The van der Waals surface area contributed by atoms with Crippen LogP contribution in [-0.4, -0.2) is 26.3 Å². The third-order valence-corrected chi connectivity index (χ3v) is 3.15. The quantitative estimate of drug-likeness (QED) is 0.811. The van der Waals surface area contributed by atoms with E-state index in [1.54, 1.807) is 27.5 Å². The molecule has 2 aromatic rings. The summed E-state index contributed by atoms with van der Waals surface area (Å²) in [5.41, 5.74) is 2.35. The number of pyridine rings is 1. The summed E-state index contributed by atoms with van der Waals surface area (Å²) in [5.74, 6) is 2.00. The molecule has 4 nitrogen and oxygen atoms in total. The first kappa shape index (κ1) is 14.2. The maximum Gasteiger partial charge on any atom is 0.203 e. The topological polar surface area (TPSA) is 40.6 Å². The normalized spacial score (nSPS) is 10.2. The van der Waals surface area contributed by atoms with E-state index in [1.165, 1.54) is 5.56 Å². The van der Waals surface area contributed by atoms with E-state index in [9.17, 15) is 0 Å². The van der Waals surface area contributed by atoms with Gasteiger partial charge in [0.15, 0.2) is 11.5 Å². The summed E-state index contributed by atoms with van der Waals surface area (Å²) in [5, 5.41) is 0. The molecule has 106 valence electrons. The molecule has 0 unspecified atom stereocenters. The van der Waals surface area contributed by atoms with Crippen LogP contribution in [0.5, 0.6) is 17.2 Å². The van der Waals surface area contributed by atoms with Crippen molar-refractivity contribution in [2.24, 2.45) is 0 Å². The van der Waals surface area contributed by atoms with Crippen LogP contribution in [0.25, 0.3) is 0 Å². The maximum absolute atomic E-state index is 5.35. The van der Waals surface area contributed by atoms with Crippen molar-refractivity contribution in [3.8, 4) is 17.2 Å². The maximum atomic E-state index is 5.35. The molecule has 0 saturated heterocycles. The highest BCUT2D eigenvalue weighted by Gasteiger charge is 2.12. The Hall–Kier alpha value is -2.23. The standard InChI is InChI=1S/C16H19NO3/c1-18-14-9-13(10-15(19-2)16(14)20-3)7-6-12-5-4-8-17-11-12/h4-5,8-11H,6-7H2,1-3H3. The summed E-state index contributed by atoms with van der Waals surface area (Å²) < 4.78 is 16.0. The monoisotopic (exact) mass is 273 g/mol. The number of aromatic nitrogens is 1. The van der Waals surface area contributed by atoms with Gasteiger partial charge in [-0.15, -0.1) is 0 Å². The van der Waals surface area contributed by atoms with Crippen molar-refractivity contribution in [3.05, 3.63) is 47.8 Å². The Kier molecular flexibility index (Phi) is 4.82. The van der Waals surface area contributed by atoms with E-state index < -0.39 is 0 Å². The van der Waals surface area contributed by atoms with Crippen LogP contribution in [0.1, 0.15) is 11.1 Å². The second-order valence-electron chi connectivity index (χ2n) is 4.39. The summed E-state index contributed by atoms with van der Waals surface area (Å²) in [7, 11) is 4.86. The number of benzene rings is 1. The molecule has 20 heavy (non-hydrogen) atoms. The minimum atomic E-state index is 0.625. The van der Waals surface area contributed by atoms with Crippen LogP contribution in [-0.2, 0) is 12.8 Å². The van der Waals surface area contributed by atoms with E-state index in [1.807, 2.05) is 24.4 Å². The molecule has 0 N–H and O–H groups in total. The molecule has 4 heteroatoms. The van der Waals surface area contributed by atoms with Gasteiger partial charge in [0, 0.05) is 12.4 Å². The lowest BCUT2D eigenvalue weighted by Crippen LogP contribution is -1.98. The summed E-state index contributed by atoms with van der Waals surface area (Å²) >= 11 is 0. The highest BCUT2D eigenvalue weighted by molar-refractivity contribution is 5.53. The largest absolute Gasteiger partial charge is 0.493 e. The molecule has 0 spiro atoms. The van der Waals surface area contributed by atoms with E-state index >= 15 is 0 Å². The molecular weight excluding hydrogens is 254 g/mol. The van der Waals surface area contributed by atoms with Crippen LogP contribution in [0.3, 0.4) is 0 Å². The first-order valence-electron chi connectivity index (χ1n) is 6.46. The third kappa shape index (κ3) is 3.20. The highest BCUT2D eigenvalue weighted by atomic mass is 16.5. The number of methoxy groups -OCH3 is 3. The summed E-state index contributed by atoms with van der Waals surface area (Å²) in [6.45, 7) is 0. The molecule has 2 rings (SSSR count). The van der Waals surface area contributed by atoms with Gasteiger partial charge in [0.05, 0.1) is 21.3 Å². The lowest BCUT2D eigenvalue weighted by molar-refractivity contribution is 0.324. The summed E-state index contributed by atoms with van der Waals surface area (Å²) in [6, 6.07) is 7.99. The van der Waals surface area contributed by atoms with Crippen molar-refractivity contribution < 1.29 is 14.2 Å². The number of nitrogens with zero attached hydrogens (tertiary/aromatic N) is 1. The molecule has 0 atom stereocenters. The average Bonchev–Trinajstić information content (AvgIpc) is 2.52. The van der Waals surface area contributed by atoms with Gasteiger partial charge in [-0.3, -0.25) is 4.98 Å². The fourth-order valence-electron chi connectivity index (χ4n) is 2.11. The average molecular weight is 273 g/mol. The first-order valence-corrected chi connectivity index (χ1v) is 6.46. The fraction of sp³-hybridized carbons (Fsp3) is 0.312. The number of rotatable bonds is 6. The van der Waals surface area contributed by atoms with E-state index in [-0.39, 0.29) is 0 Å². The van der Waals surface area contributed by atoms with Crippen molar-refractivity contribution in [3.63, 3.8) is 0 Å². The van der Waals surface area contributed by atoms with Gasteiger partial charge in [0.2, 0.25) is 5.75 Å². The Morgan fingerprint density at radius 3 is 2.05 bits per heavy atom. The van der Waals surface area contributed by atoms with Crippen molar-refractivity contribution >= 4 is 0 Å². The van der Waals surface area contributed by atoms with Crippen LogP contribution in [0.2, 0.25) is 0 Å². The Balaban J connectivity index is 2.19. The summed E-state index contributed by atoms with van der Waals surface area (Å²) in [4.78, 5) is 4.12. The van der Waals surface area contributed by atoms with Crippen molar-refractivity contribution in [1.29, 1.82) is 0 Å². The zero-order valence-corrected chi connectivity index (χ0v) is 12.1. The third-order valence-electron chi connectivity index (χ3n) is 3.15. The molecule has 0 saturated carbocycles. The Morgan fingerprint density at radius 2 is 1.55 bits per heavy atom. The SMILES string of the molecule is COc1cc(CCc2cccnc2)cc(OC)c1OC. The smallest absolute Gasteiger partial charge is 0.203 e. The predicted octanol–water partition coefficient (Wildman–Crippen LogP) is 2.89. The first-order chi connectivity index (χ1) is 9.78. The van der Waals surface area contributed by atoms with Crippen molar-refractivity contribution in [2.75, 3.05) is 21.3 Å². The molecular formula is C16H19NO3. The number of hydrogen-bond acceptors (Lipinski definition) is 4. The van der Waals surface area contributed by atoms with E-state index in [0.717, 1.165) is 18.4 Å². The van der Waals surface area contributed by atoms with Crippen LogP contribution >= 0.6 is 0 Å². The Morgan fingerprint density at radius 1 is 0.900 bits per heavy atom. The number of hydrogen-bond donors (Lipinski definition) is 0. The second kappa shape index (κ2) is 6.80. The van der Waals surface area contributed by atoms with Gasteiger partial charge < -0.3 is 14.2 Å². The van der Waals surface area contributed by atoms with E-state index in [2.05, 4.69) is 11.1 Å². The molecule has 1 heterocycles. The molecule has 0 fully saturated rings. The molecule has 0 radical (unpaired) electrons. The van der Waals surface area contributed by atoms with Gasteiger partial charge in [0.1, 0.15) is 0 Å². The van der Waals surface area contributed by atoms with Gasteiger partial charge in [-0.2, -0.15) is 0 Å². The Labute approximate surface area is 119 Å². The minimum Gasteiger partial charge on any atom is -0.493 e. The van der Waals surface area contributed by atoms with Gasteiger partial charge in [-0.25, -0.2) is 0 Å². The minimum absolute atomic E-state index is 0.625. The molecule has 0 aliphatic heterocycles. The number of aryl methyl sites for hydroxylation is 2. The Bertz CT molecular complexity index is 530. The molecule has 0 amide bonds. The van der Waals surface area contributed by atoms with Crippen molar-refractivity contribution in [2.45, 2.75) is 12.8 Å². The zero-order valence-electron chi connectivity index (χ0n) is 12.1. The molecule has 0 aliphatic rings. The highest BCUT2D eigenvalue weighted by Crippen LogP contribution is 2.38. The molecule has 1 aromatic heterocycles. The van der Waals surface area contributed by atoms with Gasteiger partial charge in [-0.1, -0.05) is 6.07 Å². The second-order valence-corrected chi connectivity index (χ2v) is 4.39. The summed E-state index contributed by atoms with van der Waals surface area (Å²) in [6.07, 6.45) is 5.48. The number of ether oxygens (including phenoxy) is 3. The predicted molar refractivity (Wildman–Crippen MR) is 77.7 cm³/mol. The van der Waals surface area contributed by atoms with E-state index in [0.29, 0.717) is 17.2 Å². The van der Waals surface area contributed by atoms with Crippen molar-refractivity contribution in [1.82, 2.24) is 4.98 Å². The van der Waals surface area contributed by atoms with Crippen LogP contribution in [0, 0.1) is 0 Å². The van der Waals surface area contributed by atoms with Crippen LogP contribution in [0.15, 0.2) is 36.7 Å². The molecule has 0 bridgehead atoms. The van der Waals surface area contributed by atoms with Gasteiger partial charge in [-0.05, 0) is 42.2 Å². The van der Waals surface area contributed by atoms with Gasteiger partial charge >= 0.3 is 0 Å². The fourth-order valence-corrected chi connectivity index (χ4v) is 2.11.